The summed E-state index contributed by atoms with van der Waals surface area (Å²) in [6, 6.07) is 6.02. The fraction of sp³-hybridized carbons (Fsp3) is 0.429. The van der Waals surface area contributed by atoms with E-state index < -0.39 is 5.97 Å². The summed E-state index contributed by atoms with van der Waals surface area (Å²) in [4.78, 5) is 22.8. The van der Waals surface area contributed by atoms with Gasteiger partial charge >= 0.3 is 5.97 Å². The van der Waals surface area contributed by atoms with E-state index in [-0.39, 0.29) is 16.9 Å². The van der Waals surface area contributed by atoms with Crippen LogP contribution in [0.15, 0.2) is 24.3 Å². The maximum atomic E-state index is 12.0. The molecule has 0 radical (unpaired) electrons. The maximum Gasteiger partial charge on any atom is 0.335 e. The Kier molecular flexibility index (Phi) is 3.85. The number of ether oxygens (including phenoxy) is 1. The zero-order valence-corrected chi connectivity index (χ0v) is 10.8. The highest BCUT2D eigenvalue weighted by Gasteiger charge is 2.30. The standard InChI is InChI=1S/C14H17NO4/c1-14(5-6-19-9-14)8-15-12(16)10-3-2-4-11(7-10)13(17)18/h2-4,7H,5-6,8-9H2,1H3,(H,15,16)(H,17,18). The van der Waals surface area contributed by atoms with Gasteiger partial charge in [-0.2, -0.15) is 0 Å². The molecule has 0 bridgehead atoms. The van der Waals surface area contributed by atoms with Crippen LogP contribution in [-0.2, 0) is 4.74 Å². The monoisotopic (exact) mass is 263 g/mol. The van der Waals surface area contributed by atoms with Crippen molar-refractivity contribution in [3.8, 4) is 0 Å². The van der Waals surface area contributed by atoms with Gasteiger partial charge in [0, 0.05) is 24.1 Å². The molecule has 5 nitrogen and oxygen atoms in total. The summed E-state index contributed by atoms with van der Waals surface area (Å²) >= 11 is 0. The van der Waals surface area contributed by atoms with Gasteiger partial charge in [0.05, 0.1) is 12.2 Å². The van der Waals surface area contributed by atoms with E-state index in [9.17, 15) is 9.59 Å². The second kappa shape index (κ2) is 5.40. The highest BCUT2D eigenvalue weighted by atomic mass is 16.5. The molecule has 1 fully saturated rings. The molecule has 102 valence electrons. The van der Waals surface area contributed by atoms with Gasteiger partial charge in [-0.3, -0.25) is 4.79 Å². The first-order chi connectivity index (χ1) is 9.00. The number of carboxylic acids is 1. The van der Waals surface area contributed by atoms with Crippen LogP contribution < -0.4 is 5.32 Å². The molecule has 19 heavy (non-hydrogen) atoms. The molecular weight excluding hydrogens is 246 g/mol. The predicted molar refractivity (Wildman–Crippen MR) is 69.3 cm³/mol. The lowest BCUT2D eigenvalue weighted by Gasteiger charge is -2.21. The van der Waals surface area contributed by atoms with Crippen LogP contribution >= 0.6 is 0 Å². The normalized spacial score (nSPS) is 22.2. The molecule has 1 aromatic carbocycles. The molecule has 1 aliphatic rings. The number of benzene rings is 1. The van der Waals surface area contributed by atoms with Crippen LogP contribution in [0.2, 0.25) is 0 Å². The summed E-state index contributed by atoms with van der Waals surface area (Å²) in [5.41, 5.74) is 0.450. The first-order valence-corrected chi connectivity index (χ1v) is 6.19. The Labute approximate surface area is 111 Å². The lowest BCUT2D eigenvalue weighted by Crippen LogP contribution is -2.36. The average Bonchev–Trinajstić information content (AvgIpc) is 2.83. The van der Waals surface area contributed by atoms with E-state index >= 15 is 0 Å². The van der Waals surface area contributed by atoms with Crippen LogP contribution in [0, 0.1) is 5.41 Å². The van der Waals surface area contributed by atoms with E-state index in [2.05, 4.69) is 12.2 Å². The number of aromatic carboxylic acids is 1. The van der Waals surface area contributed by atoms with Gasteiger partial charge in [-0.05, 0) is 24.6 Å². The predicted octanol–water partition coefficient (Wildman–Crippen LogP) is 1.54. The van der Waals surface area contributed by atoms with E-state index in [0.717, 1.165) is 13.0 Å². The van der Waals surface area contributed by atoms with Crippen LogP contribution in [0.3, 0.4) is 0 Å². The van der Waals surface area contributed by atoms with Crippen molar-refractivity contribution in [2.75, 3.05) is 19.8 Å². The van der Waals surface area contributed by atoms with Crippen molar-refractivity contribution in [2.45, 2.75) is 13.3 Å². The number of hydrogen-bond donors (Lipinski definition) is 2. The Morgan fingerprint density at radius 1 is 1.42 bits per heavy atom. The smallest absolute Gasteiger partial charge is 0.335 e. The molecule has 1 amide bonds. The summed E-state index contributed by atoms with van der Waals surface area (Å²) in [5.74, 6) is -1.29. The van der Waals surface area contributed by atoms with Gasteiger partial charge in [-0.25, -0.2) is 4.79 Å². The highest BCUT2D eigenvalue weighted by molar-refractivity contribution is 5.97. The van der Waals surface area contributed by atoms with E-state index in [1.54, 1.807) is 12.1 Å². The molecular formula is C14H17NO4. The fourth-order valence-electron chi connectivity index (χ4n) is 2.04. The number of carbonyl (C=O) groups excluding carboxylic acids is 1. The largest absolute Gasteiger partial charge is 0.478 e. The minimum Gasteiger partial charge on any atom is -0.478 e. The van der Waals surface area contributed by atoms with Gasteiger partial charge in [-0.1, -0.05) is 13.0 Å². The second-order valence-corrected chi connectivity index (χ2v) is 5.18. The summed E-state index contributed by atoms with van der Waals surface area (Å²) in [5, 5.41) is 11.7. The van der Waals surface area contributed by atoms with Gasteiger partial charge in [0.25, 0.3) is 5.91 Å². The second-order valence-electron chi connectivity index (χ2n) is 5.18. The molecule has 0 aromatic heterocycles. The summed E-state index contributed by atoms with van der Waals surface area (Å²) in [7, 11) is 0. The van der Waals surface area contributed by atoms with Crippen molar-refractivity contribution < 1.29 is 19.4 Å². The van der Waals surface area contributed by atoms with Crippen molar-refractivity contribution in [1.82, 2.24) is 5.32 Å². The molecule has 0 saturated carbocycles. The first-order valence-electron chi connectivity index (χ1n) is 6.19. The van der Waals surface area contributed by atoms with Gasteiger partial charge in [0.15, 0.2) is 0 Å². The van der Waals surface area contributed by atoms with Crippen LogP contribution in [0.5, 0.6) is 0 Å². The molecule has 1 aromatic rings. The molecule has 0 aliphatic carbocycles. The first kappa shape index (κ1) is 13.5. The Hall–Kier alpha value is -1.88. The molecule has 0 spiro atoms. The lowest BCUT2D eigenvalue weighted by molar-refractivity contribution is 0.0697. The van der Waals surface area contributed by atoms with E-state index in [4.69, 9.17) is 9.84 Å². The molecule has 2 rings (SSSR count). The van der Waals surface area contributed by atoms with Crippen molar-refractivity contribution in [3.05, 3.63) is 35.4 Å². The van der Waals surface area contributed by atoms with E-state index in [1.165, 1.54) is 12.1 Å². The zero-order valence-electron chi connectivity index (χ0n) is 10.8. The number of carboxylic acid groups (broad SMARTS) is 1. The van der Waals surface area contributed by atoms with Gasteiger partial charge < -0.3 is 15.2 Å². The third-order valence-corrected chi connectivity index (χ3v) is 3.35. The minimum absolute atomic E-state index is 0.0277. The van der Waals surface area contributed by atoms with Crippen molar-refractivity contribution in [2.24, 2.45) is 5.41 Å². The van der Waals surface area contributed by atoms with Crippen LogP contribution in [0.1, 0.15) is 34.1 Å². The Morgan fingerprint density at radius 3 is 2.79 bits per heavy atom. The Bertz CT molecular complexity index is 492. The van der Waals surface area contributed by atoms with Gasteiger partial charge in [-0.15, -0.1) is 0 Å². The minimum atomic E-state index is -1.04. The summed E-state index contributed by atoms with van der Waals surface area (Å²) in [6.45, 7) is 3.96. The number of nitrogens with one attached hydrogen (secondary N) is 1. The molecule has 2 N–H and O–H groups in total. The van der Waals surface area contributed by atoms with Gasteiger partial charge in [0.2, 0.25) is 0 Å². The molecule has 1 aliphatic heterocycles. The van der Waals surface area contributed by atoms with Crippen LogP contribution in [0.25, 0.3) is 0 Å². The average molecular weight is 263 g/mol. The van der Waals surface area contributed by atoms with E-state index in [1.807, 2.05) is 0 Å². The van der Waals surface area contributed by atoms with Crippen molar-refractivity contribution >= 4 is 11.9 Å². The summed E-state index contributed by atoms with van der Waals surface area (Å²) < 4.78 is 5.32. The van der Waals surface area contributed by atoms with Gasteiger partial charge in [0.1, 0.15) is 0 Å². The lowest BCUT2D eigenvalue weighted by atomic mass is 9.90. The molecule has 5 heteroatoms. The highest BCUT2D eigenvalue weighted by Crippen LogP contribution is 2.26. The number of hydrogen-bond acceptors (Lipinski definition) is 3. The number of amides is 1. The van der Waals surface area contributed by atoms with Crippen LogP contribution in [0.4, 0.5) is 0 Å². The van der Waals surface area contributed by atoms with E-state index in [0.29, 0.717) is 18.7 Å². The number of carbonyl (C=O) groups is 2. The molecule has 1 heterocycles. The number of rotatable bonds is 4. The molecule has 1 atom stereocenters. The topological polar surface area (TPSA) is 75.6 Å². The summed E-state index contributed by atoms with van der Waals surface area (Å²) in [6.07, 6.45) is 0.919. The Morgan fingerprint density at radius 2 is 2.16 bits per heavy atom. The Balaban J connectivity index is 1.99. The van der Waals surface area contributed by atoms with Crippen LogP contribution in [-0.4, -0.2) is 36.7 Å². The zero-order chi connectivity index (χ0) is 13.9. The van der Waals surface area contributed by atoms with Crippen molar-refractivity contribution in [3.63, 3.8) is 0 Å². The molecule has 1 unspecified atom stereocenters. The third kappa shape index (κ3) is 3.32. The maximum absolute atomic E-state index is 12.0. The molecule has 1 saturated heterocycles. The third-order valence-electron chi connectivity index (χ3n) is 3.35. The SMILES string of the molecule is CC1(CNC(=O)c2cccc(C(=O)O)c2)CCOC1. The van der Waals surface area contributed by atoms with Crippen molar-refractivity contribution in [1.29, 1.82) is 0 Å². The quantitative estimate of drug-likeness (QED) is 0.864. The fourth-order valence-corrected chi connectivity index (χ4v) is 2.04.